The molecule has 1 N–H and O–H groups in total. The van der Waals surface area contributed by atoms with Crippen molar-refractivity contribution in [2.75, 3.05) is 19.7 Å². The third kappa shape index (κ3) is 4.00. The van der Waals surface area contributed by atoms with Gasteiger partial charge < -0.3 is 14.8 Å². The quantitative estimate of drug-likeness (QED) is 0.759. The summed E-state index contributed by atoms with van der Waals surface area (Å²) in [5, 5.41) is 6.32. The Morgan fingerprint density at radius 3 is 2.46 bits per heavy atom. The Morgan fingerprint density at radius 1 is 1.33 bits per heavy atom. The van der Waals surface area contributed by atoms with E-state index in [0.717, 1.165) is 48.4 Å². The molecule has 3 rings (SSSR count). The summed E-state index contributed by atoms with van der Waals surface area (Å²) < 4.78 is 12.4. The molecule has 1 spiro atoms. The normalized spacial score (nSPS) is 22.2. The lowest BCUT2D eigenvalue weighted by Crippen LogP contribution is -2.57. The summed E-state index contributed by atoms with van der Waals surface area (Å²) in [5.74, 6) is -0.317. The molecular formula is C17H25BrN2O3S. The molecular weight excluding hydrogens is 392 g/mol. The molecule has 0 amide bonds. The first-order valence-corrected chi connectivity index (χ1v) is 10.1. The first-order chi connectivity index (χ1) is 11.2. The zero-order valence-corrected chi connectivity index (χ0v) is 16.9. The van der Waals surface area contributed by atoms with Crippen molar-refractivity contribution in [2.24, 2.45) is 5.41 Å². The number of rotatable bonds is 4. The number of nitrogens with zero attached hydrogens (tertiary/aromatic N) is 1. The minimum absolute atomic E-state index is 0.0281. The monoisotopic (exact) mass is 416 g/mol. The van der Waals surface area contributed by atoms with Crippen LogP contribution in [0.2, 0.25) is 0 Å². The Labute approximate surface area is 155 Å². The fourth-order valence-corrected chi connectivity index (χ4v) is 4.93. The van der Waals surface area contributed by atoms with Gasteiger partial charge in [0, 0.05) is 18.5 Å². The van der Waals surface area contributed by atoms with Crippen molar-refractivity contribution in [1.29, 1.82) is 0 Å². The fraction of sp³-hybridized carbons (Fsp3) is 0.765. The number of esters is 1. The molecule has 1 aromatic rings. The number of hydrogen-bond donors (Lipinski definition) is 1. The smallest absolute Gasteiger partial charge is 0.332 e. The lowest BCUT2D eigenvalue weighted by Gasteiger charge is -2.50. The lowest BCUT2D eigenvalue weighted by molar-refractivity contribution is -0.173. The predicted octanol–water partition coefficient (Wildman–Crippen LogP) is 3.62. The third-order valence-electron chi connectivity index (χ3n) is 4.87. The van der Waals surface area contributed by atoms with Crippen LogP contribution in [0.4, 0.5) is 0 Å². The predicted molar refractivity (Wildman–Crippen MR) is 97.1 cm³/mol. The Hall–Kier alpha value is -0.500. The maximum Gasteiger partial charge on any atom is 0.332 e. The lowest BCUT2D eigenvalue weighted by atomic mass is 9.65. The second-order valence-corrected chi connectivity index (χ2v) is 9.62. The van der Waals surface area contributed by atoms with Crippen molar-refractivity contribution in [3.05, 3.63) is 15.0 Å². The van der Waals surface area contributed by atoms with Crippen LogP contribution in [0.5, 0.6) is 0 Å². The van der Waals surface area contributed by atoms with Gasteiger partial charge in [-0.2, -0.15) is 0 Å². The number of carbonyl (C=O) groups excluding carboxylic acids is 1. The van der Waals surface area contributed by atoms with Crippen LogP contribution in [-0.2, 0) is 19.9 Å². The molecule has 7 heteroatoms. The van der Waals surface area contributed by atoms with Gasteiger partial charge in [0.2, 0.25) is 0 Å². The molecule has 0 radical (unpaired) electrons. The molecule has 1 aliphatic heterocycles. The van der Waals surface area contributed by atoms with Gasteiger partial charge in [0.1, 0.15) is 27.4 Å². The number of nitrogens with one attached hydrogen (secondary N) is 1. The summed E-state index contributed by atoms with van der Waals surface area (Å²) >= 11 is 5.03. The van der Waals surface area contributed by atoms with Crippen LogP contribution in [0, 0.1) is 5.41 Å². The van der Waals surface area contributed by atoms with Crippen molar-refractivity contribution in [1.82, 2.24) is 10.3 Å². The van der Waals surface area contributed by atoms with Gasteiger partial charge in [0.25, 0.3) is 0 Å². The van der Waals surface area contributed by atoms with Gasteiger partial charge in [-0.3, -0.25) is 0 Å². The number of hydrogen-bond acceptors (Lipinski definition) is 6. The Morgan fingerprint density at radius 2 is 2.00 bits per heavy atom. The molecule has 134 valence electrons. The van der Waals surface area contributed by atoms with E-state index in [1.807, 2.05) is 26.2 Å². The average molecular weight is 417 g/mol. The van der Waals surface area contributed by atoms with Crippen LogP contribution in [0.25, 0.3) is 0 Å². The third-order valence-corrected chi connectivity index (χ3v) is 6.61. The van der Waals surface area contributed by atoms with E-state index in [-0.39, 0.29) is 12.6 Å². The minimum Gasteiger partial charge on any atom is -0.458 e. The Kier molecular flexibility index (Phi) is 5.08. The maximum atomic E-state index is 12.1. The maximum absolute atomic E-state index is 12.1. The van der Waals surface area contributed by atoms with Crippen LogP contribution in [0.15, 0.2) is 9.98 Å². The summed E-state index contributed by atoms with van der Waals surface area (Å²) in [6.45, 7) is 7.76. The molecule has 1 saturated carbocycles. The van der Waals surface area contributed by atoms with Crippen molar-refractivity contribution < 1.29 is 14.3 Å². The minimum atomic E-state index is -0.494. The molecule has 1 saturated heterocycles. The zero-order chi connectivity index (χ0) is 17.4. The molecule has 1 aliphatic carbocycles. The van der Waals surface area contributed by atoms with Crippen molar-refractivity contribution in [3.63, 3.8) is 0 Å². The number of halogens is 1. The molecule has 24 heavy (non-hydrogen) atoms. The Bertz CT molecular complexity index is 597. The highest BCUT2D eigenvalue weighted by atomic mass is 79.9. The van der Waals surface area contributed by atoms with Gasteiger partial charge in [0.15, 0.2) is 0 Å². The van der Waals surface area contributed by atoms with Gasteiger partial charge in [-0.15, -0.1) is 11.3 Å². The Balaban J connectivity index is 1.70. The summed E-state index contributed by atoms with van der Waals surface area (Å²) in [5.41, 5.74) is -0.534. The molecule has 0 bridgehead atoms. The van der Waals surface area contributed by atoms with Crippen LogP contribution in [0.1, 0.15) is 51.5 Å². The van der Waals surface area contributed by atoms with Crippen LogP contribution in [-0.4, -0.2) is 36.3 Å². The number of ether oxygens (including phenoxy) is 2. The van der Waals surface area contributed by atoms with Gasteiger partial charge >= 0.3 is 5.97 Å². The summed E-state index contributed by atoms with van der Waals surface area (Å²) in [6, 6.07) is 0. The number of aromatic nitrogens is 1. The van der Waals surface area contributed by atoms with E-state index in [9.17, 15) is 4.79 Å². The highest BCUT2D eigenvalue weighted by Crippen LogP contribution is 2.50. The van der Waals surface area contributed by atoms with Gasteiger partial charge in [-0.05, 0) is 67.8 Å². The van der Waals surface area contributed by atoms with Gasteiger partial charge in [0.05, 0.1) is 0 Å². The highest BCUT2D eigenvalue weighted by molar-refractivity contribution is 9.10. The molecule has 5 nitrogen and oxygen atoms in total. The van der Waals surface area contributed by atoms with Crippen LogP contribution < -0.4 is 5.32 Å². The van der Waals surface area contributed by atoms with Crippen LogP contribution >= 0.6 is 27.3 Å². The molecule has 0 atom stereocenters. The molecule has 2 heterocycles. The second-order valence-electron chi connectivity index (χ2n) is 7.95. The highest BCUT2D eigenvalue weighted by Gasteiger charge is 2.48. The zero-order valence-electron chi connectivity index (χ0n) is 14.5. The van der Waals surface area contributed by atoms with E-state index >= 15 is 0 Å². The molecule has 0 aromatic carbocycles. The molecule has 2 aliphatic rings. The SMILES string of the molecule is CC(C)(C)OC(=O)COC1(c2nc(Br)cs2)CCC2(CC1)CNC2. The van der Waals surface area contributed by atoms with E-state index in [4.69, 9.17) is 9.47 Å². The first-order valence-electron chi connectivity index (χ1n) is 8.40. The molecule has 1 aromatic heterocycles. The fourth-order valence-electron chi connectivity index (χ4n) is 3.47. The van der Waals surface area contributed by atoms with E-state index in [1.165, 1.54) is 0 Å². The van der Waals surface area contributed by atoms with Crippen LogP contribution in [0.3, 0.4) is 0 Å². The number of carbonyl (C=O) groups is 1. The second kappa shape index (κ2) is 6.67. The van der Waals surface area contributed by atoms with E-state index in [2.05, 4.69) is 26.2 Å². The average Bonchev–Trinajstić information content (AvgIpc) is 2.89. The standard InChI is InChI=1S/C17H25BrN2O3S/c1-15(2,3)23-13(21)8-22-17(14-20-12(18)9-24-14)6-4-16(5-7-17)10-19-11-16/h9,19H,4-8,10-11H2,1-3H3. The first kappa shape index (κ1) is 18.3. The topological polar surface area (TPSA) is 60.5 Å². The summed E-state index contributed by atoms with van der Waals surface area (Å²) in [4.78, 5) is 16.7. The van der Waals surface area contributed by atoms with E-state index in [0.29, 0.717) is 5.41 Å². The molecule has 0 unspecified atom stereocenters. The van der Waals surface area contributed by atoms with Crippen molar-refractivity contribution >= 4 is 33.2 Å². The van der Waals surface area contributed by atoms with Gasteiger partial charge in [-0.25, -0.2) is 9.78 Å². The van der Waals surface area contributed by atoms with Gasteiger partial charge in [-0.1, -0.05) is 0 Å². The van der Waals surface area contributed by atoms with Crippen molar-refractivity contribution in [2.45, 2.75) is 57.7 Å². The van der Waals surface area contributed by atoms with E-state index < -0.39 is 11.2 Å². The molecule has 2 fully saturated rings. The number of thiazole rings is 1. The summed E-state index contributed by atoms with van der Waals surface area (Å²) in [6.07, 6.45) is 4.01. The van der Waals surface area contributed by atoms with E-state index in [1.54, 1.807) is 11.3 Å². The summed E-state index contributed by atoms with van der Waals surface area (Å²) in [7, 11) is 0. The largest absolute Gasteiger partial charge is 0.458 e. The van der Waals surface area contributed by atoms with Crippen molar-refractivity contribution in [3.8, 4) is 0 Å².